The van der Waals surface area contributed by atoms with Crippen molar-refractivity contribution in [3.63, 3.8) is 0 Å². The van der Waals surface area contributed by atoms with E-state index in [1.807, 2.05) is 29.2 Å². The number of para-hydroxylation sites is 1. The zero-order valence-electron chi connectivity index (χ0n) is 19.8. The van der Waals surface area contributed by atoms with Crippen molar-refractivity contribution in [2.45, 2.75) is 25.3 Å². The quantitative estimate of drug-likeness (QED) is 0.403. The van der Waals surface area contributed by atoms with Gasteiger partial charge in [-0.15, -0.1) is 0 Å². The number of H-pyrrole nitrogens is 1. The third-order valence-corrected chi connectivity index (χ3v) is 8.11. The number of aromatic nitrogens is 1. The van der Waals surface area contributed by atoms with Gasteiger partial charge in [-0.05, 0) is 43.1 Å². The lowest BCUT2D eigenvalue weighted by Gasteiger charge is -2.49. The molecule has 1 aromatic heterocycles. The first kappa shape index (κ1) is 23.5. The van der Waals surface area contributed by atoms with E-state index >= 15 is 8.78 Å². The van der Waals surface area contributed by atoms with Gasteiger partial charge in [0.05, 0.1) is 19.1 Å². The molecule has 3 aliphatic heterocycles. The normalized spacial score (nSPS) is 21.9. The van der Waals surface area contributed by atoms with Gasteiger partial charge >= 0.3 is 0 Å². The second-order valence-electron chi connectivity index (χ2n) is 10.4. The summed E-state index contributed by atoms with van der Waals surface area (Å²) in [5.74, 6) is -1.45. The molecule has 0 unspecified atom stereocenters. The van der Waals surface area contributed by atoms with Crippen LogP contribution in [0.15, 0.2) is 36.4 Å². The number of fused-ring (bicyclic) bond motifs is 3. The number of carbonyl (C=O) groups is 1. The van der Waals surface area contributed by atoms with Crippen LogP contribution < -0.4 is 4.90 Å². The summed E-state index contributed by atoms with van der Waals surface area (Å²) in [5, 5.41) is 0.956. The maximum absolute atomic E-state index is 15.7. The van der Waals surface area contributed by atoms with Crippen molar-refractivity contribution in [2.24, 2.45) is 5.41 Å². The van der Waals surface area contributed by atoms with Crippen molar-refractivity contribution in [1.82, 2.24) is 14.8 Å². The molecule has 6 rings (SSSR count). The largest absolute Gasteiger partial charge is 0.370 e. The third-order valence-electron chi connectivity index (χ3n) is 8.11. The summed E-state index contributed by atoms with van der Waals surface area (Å²) in [5.41, 5.74) is 2.65. The summed E-state index contributed by atoms with van der Waals surface area (Å²) < 4.78 is 58.3. The molecule has 2 fully saturated rings. The molecule has 190 valence electrons. The highest BCUT2D eigenvalue weighted by atomic mass is 19.3. The molecular formula is C27H28F4N4O. The van der Waals surface area contributed by atoms with Crippen LogP contribution in [0.5, 0.6) is 0 Å². The number of hydrogen-bond donors (Lipinski definition) is 1. The minimum Gasteiger partial charge on any atom is -0.370 e. The number of likely N-dealkylation sites (tertiary alicyclic amines) is 1. The van der Waals surface area contributed by atoms with Crippen LogP contribution in [0, 0.1) is 17.0 Å². The number of aldehydes is 1. The average Bonchev–Trinajstić information content (AvgIpc) is 3.40. The van der Waals surface area contributed by atoms with Crippen molar-refractivity contribution in [2.75, 3.05) is 50.7 Å². The van der Waals surface area contributed by atoms with Crippen LogP contribution in [0.4, 0.5) is 23.2 Å². The van der Waals surface area contributed by atoms with Crippen LogP contribution in [0.25, 0.3) is 10.9 Å². The first-order valence-corrected chi connectivity index (χ1v) is 12.4. The summed E-state index contributed by atoms with van der Waals surface area (Å²) in [6, 6.07) is 9.31. The van der Waals surface area contributed by atoms with E-state index in [4.69, 9.17) is 0 Å². The summed E-state index contributed by atoms with van der Waals surface area (Å²) in [6.07, 6.45) is -0.235. The zero-order valence-corrected chi connectivity index (χ0v) is 19.8. The Hall–Kier alpha value is -2.91. The van der Waals surface area contributed by atoms with E-state index in [9.17, 15) is 13.6 Å². The number of benzene rings is 2. The molecular weight excluding hydrogens is 472 g/mol. The highest BCUT2D eigenvalue weighted by molar-refractivity contribution is 5.85. The molecule has 9 heteroatoms. The number of hydrogen-bond acceptors (Lipinski definition) is 4. The monoisotopic (exact) mass is 500 g/mol. The SMILES string of the molecule is O=CCN1CCC2(C1)CN(c1cc(F)c([C@@H]3c4[nH]c5ccccc5c4CCN3CC(F)F)c(F)c1)C2. The average molecular weight is 501 g/mol. The molecule has 5 nitrogen and oxygen atoms in total. The number of carbonyl (C=O) groups excluding carboxylic acids is 1. The molecule has 2 saturated heterocycles. The fraction of sp³-hybridized carbons (Fsp3) is 0.444. The van der Waals surface area contributed by atoms with Gasteiger partial charge in [-0.2, -0.15) is 0 Å². The van der Waals surface area contributed by atoms with Crippen molar-refractivity contribution >= 4 is 22.9 Å². The van der Waals surface area contributed by atoms with Crippen molar-refractivity contribution in [1.29, 1.82) is 0 Å². The number of alkyl halides is 2. The summed E-state index contributed by atoms with van der Waals surface area (Å²) in [6.45, 7) is 3.14. The molecule has 36 heavy (non-hydrogen) atoms. The van der Waals surface area contributed by atoms with Gasteiger partial charge in [-0.1, -0.05) is 18.2 Å². The van der Waals surface area contributed by atoms with Crippen LogP contribution in [0.2, 0.25) is 0 Å². The molecule has 0 bridgehead atoms. The third kappa shape index (κ3) is 3.89. The standard InChI is InChI=1S/C27H28F4N4O/c28-20-11-17(35-15-27(16-35)6-8-33(14-27)9-10-36)12-21(29)24(20)26-25-19(5-7-34(26)13-23(30)31)18-3-1-2-4-22(18)32-25/h1-4,10-12,23,26,32H,5-9,13-16H2/t26-/m1/s1. The second kappa shape index (κ2) is 8.88. The number of rotatable bonds is 6. The predicted molar refractivity (Wildman–Crippen MR) is 130 cm³/mol. The fourth-order valence-corrected chi connectivity index (χ4v) is 6.50. The Kier molecular flexibility index (Phi) is 5.80. The molecule has 1 atom stereocenters. The topological polar surface area (TPSA) is 42.6 Å². The van der Waals surface area contributed by atoms with Gasteiger partial charge in [0.2, 0.25) is 0 Å². The van der Waals surface area contributed by atoms with Gasteiger partial charge < -0.3 is 14.7 Å². The predicted octanol–water partition coefficient (Wildman–Crippen LogP) is 4.37. The van der Waals surface area contributed by atoms with E-state index in [1.54, 1.807) is 0 Å². The number of nitrogens with one attached hydrogen (secondary N) is 1. The van der Waals surface area contributed by atoms with E-state index in [-0.39, 0.29) is 17.5 Å². The van der Waals surface area contributed by atoms with Crippen LogP contribution in [-0.2, 0) is 11.2 Å². The Bertz CT molecular complexity index is 1280. The summed E-state index contributed by atoms with van der Waals surface area (Å²) in [7, 11) is 0. The lowest BCUT2D eigenvalue weighted by molar-refractivity contribution is -0.108. The van der Waals surface area contributed by atoms with Crippen LogP contribution >= 0.6 is 0 Å². The van der Waals surface area contributed by atoms with Crippen LogP contribution in [0.1, 0.15) is 29.3 Å². The molecule has 4 heterocycles. The van der Waals surface area contributed by atoms with E-state index in [1.165, 1.54) is 17.0 Å². The smallest absolute Gasteiger partial charge is 0.251 e. The number of aromatic amines is 1. The Morgan fingerprint density at radius 1 is 1.08 bits per heavy atom. The molecule has 3 aliphatic rings. The Balaban J connectivity index is 1.32. The van der Waals surface area contributed by atoms with Crippen molar-refractivity contribution < 1.29 is 22.4 Å². The lowest BCUT2D eigenvalue weighted by Crippen LogP contribution is -2.57. The lowest BCUT2D eigenvalue weighted by atomic mass is 9.78. The molecule has 0 amide bonds. The van der Waals surface area contributed by atoms with Gasteiger partial charge in [-0.3, -0.25) is 9.80 Å². The van der Waals surface area contributed by atoms with Crippen LogP contribution in [-0.4, -0.2) is 73.3 Å². The van der Waals surface area contributed by atoms with E-state index in [2.05, 4.69) is 9.88 Å². The molecule has 0 saturated carbocycles. The highest BCUT2D eigenvalue weighted by Crippen LogP contribution is 2.44. The summed E-state index contributed by atoms with van der Waals surface area (Å²) in [4.78, 5) is 19.6. The maximum atomic E-state index is 15.7. The van der Waals surface area contributed by atoms with Crippen LogP contribution in [0.3, 0.4) is 0 Å². The summed E-state index contributed by atoms with van der Waals surface area (Å²) >= 11 is 0. The first-order valence-electron chi connectivity index (χ1n) is 12.4. The number of halogens is 4. The Morgan fingerprint density at radius 3 is 2.56 bits per heavy atom. The highest BCUT2D eigenvalue weighted by Gasteiger charge is 2.48. The van der Waals surface area contributed by atoms with Crippen molar-refractivity contribution in [3.8, 4) is 0 Å². The fourth-order valence-electron chi connectivity index (χ4n) is 6.50. The minimum atomic E-state index is -2.62. The van der Waals surface area contributed by atoms with Gasteiger partial charge in [0.25, 0.3) is 6.43 Å². The van der Waals surface area contributed by atoms with Gasteiger partial charge in [-0.25, -0.2) is 17.6 Å². The van der Waals surface area contributed by atoms with E-state index in [0.717, 1.165) is 42.3 Å². The molecule has 2 aromatic carbocycles. The minimum absolute atomic E-state index is 0.0469. The van der Waals surface area contributed by atoms with Gasteiger partial charge in [0.15, 0.2) is 0 Å². The van der Waals surface area contributed by atoms with E-state index < -0.39 is 30.6 Å². The zero-order chi connectivity index (χ0) is 25.0. The molecule has 0 aliphatic carbocycles. The number of anilines is 1. The first-order chi connectivity index (χ1) is 17.4. The second-order valence-corrected chi connectivity index (χ2v) is 10.4. The molecule has 0 radical (unpaired) electrons. The van der Waals surface area contributed by atoms with Gasteiger partial charge in [0.1, 0.15) is 17.9 Å². The molecule has 1 N–H and O–H groups in total. The molecule has 1 spiro atoms. The van der Waals surface area contributed by atoms with Gasteiger partial charge in [0, 0.05) is 59.4 Å². The van der Waals surface area contributed by atoms with Crippen molar-refractivity contribution in [3.05, 3.63) is 64.9 Å². The Labute approximate surface area is 206 Å². The molecule has 3 aromatic rings. The Morgan fingerprint density at radius 2 is 1.83 bits per heavy atom. The van der Waals surface area contributed by atoms with E-state index in [0.29, 0.717) is 37.4 Å². The number of nitrogens with zero attached hydrogens (tertiary/aromatic N) is 3. The maximum Gasteiger partial charge on any atom is 0.251 e.